The van der Waals surface area contributed by atoms with Gasteiger partial charge in [0, 0.05) is 30.6 Å². The Hall–Kier alpha value is -1.65. The lowest BCUT2D eigenvalue weighted by atomic mass is 10.1. The topological polar surface area (TPSA) is 48.4 Å². The number of nitrogens with zero attached hydrogens (tertiary/aromatic N) is 2. The van der Waals surface area contributed by atoms with Crippen LogP contribution in [-0.4, -0.2) is 36.3 Å². The molecule has 0 amide bonds. The number of hydrogen-bond acceptors (Lipinski definition) is 4. The fourth-order valence-corrected chi connectivity index (χ4v) is 2.53. The van der Waals surface area contributed by atoms with Crippen LogP contribution in [0.25, 0.3) is 10.9 Å². The number of fused-ring (bicyclic) bond motifs is 1. The number of nitrogens with one attached hydrogen (secondary N) is 1. The summed E-state index contributed by atoms with van der Waals surface area (Å²) in [5.41, 5.74) is 2.20. The first-order valence-electron chi connectivity index (χ1n) is 7.75. The second-order valence-electron chi connectivity index (χ2n) is 5.15. The minimum Gasteiger partial charge on any atom is -0.395 e. The minimum atomic E-state index is 0.148. The van der Waals surface area contributed by atoms with Crippen molar-refractivity contribution in [3.05, 3.63) is 35.9 Å². The molecule has 0 saturated heterocycles. The molecule has 0 radical (unpaired) electrons. The van der Waals surface area contributed by atoms with Crippen molar-refractivity contribution in [1.29, 1.82) is 0 Å². The summed E-state index contributed by atoms with van der Waals surface area (Å²) in [4.78, 5) is 7.02. The molecule has 2 aromatic rings. The summed E-state index contributed by atoms with van der Waals surface area (Å²) < 4.78 is 0. The zero-order chi connectivity index (χ0) is 15.1. The van der Waals surface area contributed by atoms with Crippen LogP contribution in [0.15, 0.2) is 30.3 Å². The van der Waals surface area contributed by atoms with E-state index in [1.54, 1.807) is 0 Å². The predicted molar refractivity (Wildman–Crippen MR) is 88.7 cm³/mol. The number of anilines is 1. The Balaban J connectivity index is 2.45. The average Bonchev–Trinajstić information content (AvgIpc) is 2.52. The molecule has 0 bridgehead atoms. The van der Waals surface area contributed by atoms with E-state index in [2.05, 4.69) is 36.2 Å². The maximum Gasteiger partial charge on any atom is 0.133 e. The molecule has 0 spiro atoms. The van der Waals surface area contributed by atoms with Crippen LogP contribution >= 0.6 is 0 Å². The highest BCUT2D eigenvalue weighted by molar-refractivity contribution is 5.81. The van der Waals surface area contributed by atoms with Gasteiger partial charge in [0.05, 0.1) is 12.1 Å². The van der Waals surface area contributed by atoms with E-state index in [0.29, 0.717) is 6.54 Å². The fourth-order valence-electron chi connectivity index (χ4n) is 2.53. The van der Waals surface area contributed by atoms with Crippen LogP contribution in [0.5, 0.6) is 0 Å². The molecular formula is C17H25N3O. The van der Waals surface area contributed by atoms with E-state index in [1.165, 1.54) is 5.56 Å². The molecule has 2 N–H and O–H groups in total. The molecule has 2 rings (SSSR count). The van der Waals surface area contributed by atoms with E-state index in [-0.39, 0.29) is 6.61 Å². The van der Waals surface area contributed by atoms with Gasteiger partial charge in [0.15, 0.2) is 0 Å². The quantitative estimate of drug-likeness (QED) is 0.783. The number of para-hydroxylation sites is 1. The van der Waals surface area contributed by atoms with Gasteiger partial charge in [-0.25, -0.2) is 4.98 Å². The van der Waals surface area contributed by atoms with Gasteiger partial charge in [-0.05, 0) is 25.1 Å². The van der Waals surface area contributed by atoms with Gasteiger partial charge in [-0.3, -0.25) is 0 Å². The van der Waals surface area contributed by atoms with Gasteiger partial charge >= 0.3 is 0 Å². The van der Waals surface area contributed by atoms with Crippen LogP contribution in [0.1, 0.15) is 25.8 Å². The monoisotopic (exact) mass is 287 g/mol. The van der Waals surface area contributed by atoms with Crippen molar-refractivity contribution in [2.45, 2.75) is 26.8 Å². The van der Waals surface area contributed by atoms with Gasteiger partial charge in [-0.15, -0.1) is 0 Å². The molecule has 0 aliphatic rings. The van der Waals surface area contributed by atoms with E-state index in [0.717, 1.165) is 42.8 Å². The van der Waals surface area contributed by atoms with E-state index in [9.17, 15) is 5.11 Å². The molecule has 114 valence electrons. The molecule has 0 saturated carbocycles. The number of aromatic nitrogens is 1. The first-order chi connectivity index (χ1) is 10.3. The maximum absolute atomic E-state index is 9.32. The Bertz CT molecular complexity index is 565. The minimum absolute atomic E-state index is 0.148. The predicted octanol–water partition coefficient (Wildman–Crippen LogP) is 2.55. The highest BCUT2D eigenvalue weighted by Crippen LogP contribution is 2.24. The van der Waals surface area contributed by atoms with Crippen LogP contribution in [0.2, 0.25) is 0 Å². The Morgan fingerprint density at radius 2 is 2.00 bits per heavy atom. The van der Waals surface area contributed by atoms with Crippen LogP contribution in [0.4, 0.5) is 5.82 Å². The van der Waals surface area contributed by atoms with Gasteiger partial charge < -0.3 is 15.3 Å². The number of aliphatic hydroxyl groups is 1. The van der Waals surface area contributed by atoms with E-state index < -0.39 is 0 Å². The van der Waals surface area contributed by atoms with Crippen LogP contribution < -0.4 is 10.2 Å². The van der Waals surface area contributed by atoms with Crippen LogP contribution in [0, 0.1) is 0 Å². The van der Waals surface area contributed by atoms with Crippen LogP contribution in [-0.2, 0) is 6.54 Å². The van der Waals surface area contributed by atoms with Gasteiger partial charge in [-0.1, -0.05) is 32.0 Å². The number of aliphatic hydroxyl groups excluding tert-OH is 1. The summed E-state index contributed by atoms with van der Waals surface area (Å²) in [7, 11) is 0. The van der Waals surface area contributed by atoms with Crippen molar-refractivity contribution < 1.29 is 5.11 Å². The molecule has 1 aromatic heterocycles. The van der Waals surface area contributed by atoms with Crippen molar-refractivity contribution in [1.82, 2.24) is 10.3 Å². The zero-order valence-corrected chi connectivity index (χ0v) is 13.0. The van der Waals surface area contributed by atoms with Crippen molar-refractivity contribution in [3.8, 4) is 0 Å². The normalized spacial score (nSPS) is 11.0. The van der Waals surface area contributed by atoms with Crippen LogP contribution in [0.3, 0.4) is 0 Å². The molecule has 0 unspecified atom stereocenters. The summed E-state index contributed by atoms with van der Waals surface area (Å²) in [6, 6.07) is 10.4. The number of hydrogen-bond donors (Lipinski definition) is 2. The molecular weight excluding hydrogens is 262 g/mol. The first-order valence-corrected chi connectivity index (χ1v) is 7.75. The molecule has 1 heterocycles. The van der Waals surface area contributed by atoms with Crippen molar-refractivity contribution in [2.75, 3.05) is 31.1 Å². The SMILES string of the molecule is CCCN(CCO)c1nc2ccccc2cc1CNCC. The lowest BCUT2D eigenvalue weighted by Gasteiger charge is -2.25. The maximum atomic E-state index is 9.32. The average molecular weight is 287 g/mol. The van der Waals surface area contributed by atoms with E-state index >= 15 is 0 Å². The summed E-state index contributed by atoms with van der Waals surface area (Å²) in [5, 5.41) is 13.9. The number of benzene rings is 1. The Labute approximate surface area is 126 Å². The standard InChI is InChI=1S/C17H25N3O/c1-3-9-20(10-11-21)17-15(13-18-4-2)12-14-7-5-6-8-16(14)19-17/h5-8,12,18,21H,3-4,9-11,13H2,1-2H3. The Morgan fingerprint density at radius 3 is 2.71 bits per heavy atom. The highest BCUT2D eigenvalue weighted by Gasteiger charge is 2.13. The third kappa shape index (κ3) is 3.93. The highest BCUT2D eigenvalue weighted by atomic mass is 16.3. The van der Waals surface area contributed by atoms with Gasteiger partial charge in [0.2, 0.25) is 0 Å². The second kappa shape index (κ2) is 7.96. The van der Waals surface area contributed by atoms with Crippen molar-refractivity contribution in [3.63, 3.8) is 0 Å². The molecule has 0 fully saturated rings. The third-order valence-electron chi connectivity index (χ3n) is 3.51. The molecule has 1 aromatic carbocycles. The van der Waals surface area contributed by atoms with Crippen molar-refractivity contribution in [2.24, 2.45) is 0 Å². The van der Waals surface area contributed by atoms with Crippen molar-refractivity contribution >= 4 is 16.7 Å². The van der Waals surface area contributed by atoms with Gasteiger partial charge in [-0.2, -0.15) is 0 Å². The largest absolute Gasteiger partial charge is 0.395 e. The first kappa shape index (κ1) is 15.7. The Morgan fingerprint density at radius 1 is 1.19 bits per heavy atom. The Kier molecular flexibility index (Phi) is 5.96. The zero-order valence-electron chi connectivity index (χ0n) is 13.0. The number of rotatable bonds is 8. The summed E-state index contributed by atoms with van der Waals surface area (Å²) in [6.45, 7) is 7.66. The lowest BCUT2D eigenvalue weighted by Crippen LogP contribution is -2.30. The second-order valence-corrected chi connectivity index (χ2v) is 5.15. The summed E-state index contributed by atoms with van der Waals surface area (Å²) in [6.07, 6.45) is 1.04. The molecule has 4 heteroatoms. The summed E-state index contributed by atoms with van der Waals surface area (Å²) in [5.74, 6) is 0.991. The summed E-state index contributed by atoms with van der Waals surface area (Å²) >= 11 is 0. The molecule has 0 atom stereocenters. The van der Waals surface area contributed by atoms with Gasteiger partial charge in [0.25, 0.3) is 0 Å². The smallest absolute Gasteiger partial charge is 0.133 e. The fraction of sp³-hybridized carbons (Fsp3) is 0.471. The van der Waals surface area contributed by atoms with E-state index in [1.807, 2.05) is 18.2 Å². The lowest BCUT2D eigenvalue weighted by molar-refractivity contribution is 0.301. The van der Waals surface area contributed by atoms with E-state index in [4.69, 9.17) is 4.98 Å². The molecule has 0 aliphatic carbocycles. The number of pyridine rings is 1. The molecule has 21 heavy (non-hydrogen) atoms. The molecule has 0 aliphatic heterocycles. The van der Waals surface area contributed by atoms with Gasteiger partial charge in [0.1, 0.15) is 5.82 Å². The molecule has 4 nitrogen and oxygen atoms in total. The third-order valence-corrected chi connectivity index (χ3v) is 3.51.